The standard InChI is InChI=1S/C22H22N4O4/c1-14(2)19(20(27)24-22(23)29)30-21(28)18-13-17(15-9-5-3-6-10-15)25-26(18)16-11-7-4-8-12-16/h3-14,19H,1-2H3,(H3,23,24,27,29)/t19-/m0/s1. The van der Waals surface area contributed by atoms with E-state index in [1.807, 2.05) is 53.8 Å². The molecule has 0 saturated carbocycles. The van der Waals surface area contributed by atoms with Gasteiger partial charge in [0.1, 0.15) is 0 Å². The number of nitrogens with zero attached hydrogens (tertiary/aromatic N) is 2. The molecule has 3 aromatic rings. The number of esters is 1. The second-order valence-electron chi connectivity index (χ2n) is 6.95. The fraction of sp³-hybridized carbons (Fsp3) is 0.182. The zero-order chi connectivity index (χ0) is 21.7. The van der Waals surface area contributed by atoms with Crippen molar-refractivity contribution in [2.45, 2.75) is 20.0 Å². The third-order valence-corrected chi connectivity index (χ3v) is 4.33. The molecule has 3 amide bonds. The van der Waals surface area contributed by atoms with Gasteiger partial charge < -0.3 is 10.5 Å². The molecule has 0 saturated heterocycles. The van der Waals surface area contributed by atoms with Gasteiger partial charge in [0, 0.05) is 5.56 Å². The number of aromatic nitrogens is 2. The number of amides is 3. The van der Waals surface area contributed by atoms with Gasteiger partial charge in [-0.2, -0.15) is 5.10 Å². The summed E-state index contributed by atoms with van der Waals surface area (Å²) in [6, 6.07) is 19.1. The third kappa shape index (κ3) is 4.72. The third-order valence-electron chi connectivity index (χ3n) is 4.33. The molecule has 0 fully saturated rings. The second-order valence-corrected chi connectivity index (χ2v) is 6.95. The molecular formula is C22H22N4O4. The lowest BCUT2D eigenvalue weighted by atomic mass is 10.1. The SMILES string of the molecule is CC(C)[C@H](OC(=O)c1cc(-c2ccccc2)nn1-c1ccccc1)C(=O)NC(N)=O. The van der Waals surface area contributed by atoms with E-state index >= 15 is 0 Å². The molecule has 0 unspecified atom stereocenters. The predicted octanol–water partition coefficient (Wildman–Crippen LogP) is 2.92. The summed E-state index contributed by atoms with van der Waals surface area (Å²) >= 11 is 0. The van der Waals surface area contributed by atoms with E-state index in [1.165, 1.54) is 4.68 Å². The average molecular weight is 406 g/mol. The van der Waals surface area contributed by atoms with Crippen molar-refractivity contribution in [1.82, 2.24) is 15.1 Å². The minimum Gasteiger partial charge on any atom is -0.447 e. The minimum atomic E-state index is -1.19. The number of hydrogen-bond donors (Lipinski definition) is 2. The van der Waals surface area contributed by atoms with Crippen molar-refractivity contribution in [1.29, 1.82) is 0 Å². The van der Waals surface area contributed by atoms with Gasteiger partial charge in [-0.15, -0.1) is 0 Å². The summed E-state index contributed by atoms with van der Waals surface area (Å²) in [5, 5.41) is 6.52. The fourth-order valence-electron chi connectivity index (χ4n) is 2.90. The van der Waals surface area contributed by atoms with Crippen LogP contribution in [-0.2, 0) is 9.53 Å². The molecule has 30 heavy (non-hydrogen) atoms. The van der Waals surface area contributed by atoms with Crippen LogP contribution in [-0.4, -0.2) is 33.8 Å². The number of carbonyl (C=O) groups excluding carboxylic acids is 3. The summed E-state index contributed by atoms with van der Waals surface area (Å²) in [5.41, 5.74) is 7.23. The Balaban J connectivity index is 1.98. The molecule has 1 atom stereocenters. The first-order chi connectivity index (χ1) is 14.4. The van der Waals surface area contributed by atoms with Gasteiger partial charge in [-0.25, -0.2) is 14.3 Å². The molecule has 3 N–H and O–H groups in total. The Labute approximate surface area is 173 Å². The Morgan fingerprint density at radius 2 is 1.60 bits per heavy atom. The molecule has 154 valence electrons. The molecule has 1 aromatic heterocycles. The largest absolute Gasteiger partial charge is 0.447 e. The Hall–Kier alpha value is -3.94. The minimum absolute atomic E-state index is 0.151. The van der Waals surface area contributed by atoms with Crippen molar-refractivity contribution in [3.05, 3.63) is 72.4 Å². The Kier molecular flexibility index (Phi) is 6.26. The molecule has 8 heteroatoms. The number of nitrogens with one attached hydrogen (secondary N) is 1. The number of primary amides is 1. The van der Waals surface area contributed by atoms with Crippen molar-refractivity contribution in [3.8, 4) is 16.9 Å². The van der Waals surface area contributed by atoms with Crippen LogP contribution in [0.3, 0.4) is 0 Å². The quantitative estimate of drug-likeness (QED) is 0.611. The van der Waals surface area contributed by atoms with Crippen molar-refractivity contribution < 1.29 is 19.1 Å². The van der Waals surface area contributed by atoms with Gasteiger partial charge in [0.15, 0.2) is 11.8 Å². The zero-order valence-electron chi connectivity index (χ0n) is 16.6. The molecule has 0 aliphatic heterocycles. The van der Waals surface area contributed by atoms with Gasteiger partial charge in [0.2, 0.25) is 0 Å². The molecule has 1 heterocycles. The van der Waals surface area contributed by atoms with E-state index < -0.39 is 24.0 Å². The highest BCUT2D eigenvalue weighted by atomic mass is 16.5. The summed E-state index contributed by atoms with van der Waals surface area (Å²) in [6.07, 6.45) is -1.19. The Bertz CT molecular complexity index is 1050. The Morgan fingerprint density at radius 1 is 1.00 bits per heavy atom. The van der Waals surface area contributed by atoms with E-state index in [9.17, 15) is 14.4 Å². The monoisotopic (exact) mass is 406 g/mol. The molecule has 0 bridgehead atoms. The molecule has 0 aliphatic rings. The first-order valence-corrected chi connectivity index (χ1v) is 9.39. The molecule has 2 aromatic carbocycles. The second kappa shape index (κ2) is 9.04. The summed E-state index contributed by atoms with van der Waals surface area (Å²) in [5.74, 6) is -1.90. The highest BCUT2D eigenvalue weighted by Gasteiger charge is 2.30. The van der Waals surface area contributed by atoms with Gasteiger partial charge in [0.25, 0.3) is 5.91 Å². The molecule has 0 aliphatic carbocycles. The maximum absolute atomic E-state index is 13.0. The van der Waals surface area contributed by atoms with Crippen LogP contribution < -0.4 is 11.1 Å². The predicted molar refractivity (Wildman–Crippen MR) is 111 cm³/mol. The van der Waals surface area contributed by atoms with Crippen LogP contribution in [0.2, 0.25) is 0 Å². The van der Waals surface area contributed by atoms with Crippen LogP contribution in [0.25, 0.3) is 16.9 Å². The van der Waals surface area contributed by atoms with Crippen LogP contribution in [0.1, 0.15) is 24.3 Å². The van der Waals surface area contributed by atoms with E-state index in [4.69, 9.17) is 10.5 Å². The van der Waals surface area contributed by atoms with Crippen molar-refractivity contribution in [2.24, 2.45) is 11.7 Å². The average Bonchev–Trinajstić information content (AvgIpc) is 3.18. The number of benzene rings is 2. The van der Waals surface area contributed by atoms with E-state index in [0.29, 0.717) is 11.4 Å². The van der Waals surface area contributed by atoms with Crippen LogP contribution in [0.15, 0.2) is 66.7 Å². The summed E-state index contributed by atoms with van der Waals surface area (Å²) in [6.45, 7) is 3.39. The lowest BCUT2D eigenvalue weighted by molar-refractivity contribution is -0.130. The van der Waals surface area contributed by atoms with Gasteiger partial charge in [-0.3, -0.25) is 10.1 Å². The number of rotatable bonds is 6. The summed E-state index contributed by atoms with van der Waals surface area (Å²) in [7, 11) is 0. The number of hydrogen-bond acceptors (Lipinski definition) is 5. The first-order valence-electron chi connectivity index (χ1n) is 9.39. The Morgan fingerprint density at radius 3 is 2.17 bits per heavy atom. The fourth-order valence-corrected chi connectivity index (χ4v) is 2.90. The molecular weight excluding hydrogens is 384 g/mol. The highest BCUT2D eigenvalue weighted by molar-refractivity contribution is 5.98. The van der Waals surface area contributed by atoms with Gasteiger partial charge >= 0.3 is 12.0 Å². The normalized spacial score (nSPS) is 11.7. The van der Waals surface area contributed by atoms with Crippen molar-refractivity contribution in [2.75, 3.05) is 0 Å². The van der Waals surface area contributed by atoms with Crippen LogP contribution in [0.4, 0.5) is 4.79 Å². The van der Waals surface area contributed by atoms with Crippen molar-refractivity contribution in [3.63, 3.8) is 0 Å². The van der Waals surface area contributed by atoms with Gasteiger partial charge in [-0.05, 0) is 24.1 Å². The van der Waals surface area contributed by atoms with Crippen LogP contribution >= 0.6 is 0 Å². The van der Waals surface area contributed by atoms with E-state index in [2.05, 4.69) is 5.10 Å². The molecule has 3 rings (SSSR count). The van der Waals surface area contributed by atoms with E-state index in [1.54, 1.807) is 32.0 Å². The lowest BCUT2D eigenvalue weighted by Crippen LogP contribution is -2.45. The highest BCUT2D eigenvalue weighted by Crippen LogP contribution is 2.23. The number of nitrogens with two attached hydrogens (primary N) is 1. The number of carbonyl (C=O) groups is 3. The topological polar surface area (TPSA) is 116 Å². The van der Waals surface area contributed by atoms with Crippen LogP contribution in [0, 0.1) is 5.92 Å². The molecule has 0 spiro atoms. The summed E-state index contributed by atoms with van der Waals surface area (Å²) < 4.78 is 6.92. The lowest BCUT2D eigenvalue weighted by Gasteiger charge is -2.20. The number of ether oxygens (including phenoxy) is 1. The molecule has 8 nitrogen and oxygen atoms in total. The maximum atomic E-state index is 13.0. The zero-order valence-corrected chi connectivity index (χ0v) is 16.6. The van der Waals surface area contributed by atoms with Gasteiger partial charge in [-0.1, -0.05) is 62.4 Å². The van der Waals surface area contributed by atoms with E-state index in [0.717, 1.165) is 5.56 Å². The maximum Gasteiger partial charge on any atom is 0.357 e. The van der Waals surface area contributed by atoms with Crippen LogP contribution in [0.5, 0.6) is 0 Å². The van der Waals surface area contributed by atoms with E-state index in [-0.39, 0.29) is 11.6 Å². The molecule has 0 radical (unpaired) electrons. The van der Waals surface area contributed by atoms with Crippen molar-refractivity contribution >= 4 is 17.9 Å². The number of imide groups is 1. The smallest absolute Gasteiger partial charge is 0.357 e. The first kappa shape index (κ1) is 20.8. The number of para-hydroxylation sites is 1. The number of urea groups is 1. The summed E-state index contributed by atoms with van der Waals surface area (Å²) in [4.78, 5) is 36.3. The van der Waals surface area contributed by atoms with Gasteiger partial charge in [0.05, 0.1) is 11.4 Å².